The molecule has 2 aromatic rings. The van der Waals surface area contributed by atoms with Gasteiger partial charge in [0, 0.05) is 13.1 Å². The van der Waals surface area contributed by atoms with E-state index in [1.54, 1.807) is 13.3 Å². The molecule has 0 aliphatic carbocycles. The molecule has 0 saturated carbocycles. The zero-order valence-electron chi connectivity index (χ0n) is 12.0. The van der Waals surface area contributed by atoms with E-state index in [0.29, 0.717) is 23.6 Å². The fourth-order valence-electron chi connectivity index (χ4n) is 2.26. The zero-order valence-corrected chi connectivity index (χ0v) is 12.0. The summed E-state index contributed by atoms with van der Waals surface area (Å²) >= 11 is 0. The third kappa shape index (κ3) is 2.69. The fraction of sp³-hybridized carbons (Fsp3) is 0.267. The van der Waals surface area contributed by atoms with Crippen LogP contribution in [-0.4, -0.2) is 28.7 Å². The number of nitrogens with one attached hydrogen (secondary N) is 1. The van der Waals surface area contributed by atoms with Crippen molar-refractivity contribution in [3.05, 3.63) is 47.5 Å². The van der Waals surface area contributed by atoms with E-state index in [-0.39, 0.29) is 17.9 Å². The second-order valence-corrected chi connectivity index (χ2v) is 4.72. The molecule has 1 aliphatic heterocycles. The predicted molar refractivity (Wildman–Crippen MR) is 78.3 cm³/mol. The highest BCUT2D eigenvalue weighted by Crippen LogP contribution is 2.18. The first-order valence-corrected chi connectivity index (χ1v) is 6.99. The van der Waals surface area contributed by atoms with Crippen molar-refractivity contribution in [2.75, 3.05) is 18.5 Å². The highest BCUT2D eigenvalue weighted by atomic mass is 19.1. The molecule has 0 radical (unpaired) electrons. The minimum Gasteiger partial charge on any atom is -0.462 e. The number of esters is 1. The Hall–Kier alpha value is -2.70. The van der Waals surface area contributed by atoms with E-state index in [9.17, 15) is 9.18 Å². The molecule has 114 valence electrons. The average Bonchev–Trinajstić information content (AvgIpc) is 2.98. The van der Waals surface area contributed by atoms with Crippen molar-refractivity contribution in [2.45, 2.75) is 13.5 Å². The van der Waals surface area contributed by atoms with Gasteiger partial charge < -0.3 is 14.6 Å². The Labute approximate surface area is 126 Å². The molecule has 0 fully saturated rings. The number of carbonyl (C=O) groups excluding carboxylic acids is 1. The van der Waals surface area contributed by atoms with Gasteiger partial charge >= 0.3 is 5.97 Å². The van der Waals surface area contributed by atoms with Crippen LogP contribution in [0.1, 0.15) is 17.3 Å². The smallest absolute Gasteiger partial charge is 0.345 e. The molecule has 6 nitrogen and oxygen atoms in total. The quantitative estimate of drug-likeness (QED) is 0.879. The van der Waals surface area contributed by atoms with Crippen LogP contribution < -0.4 is 10.8 Å². The molecule has 0 unspecified atom stereocenters. The first-order valence-electron chi connectivity index (χ1n) is 6.99. The molecule has 22 heavy (non-hydrogen) atoms. The summed E-state index contributed by atoms with van der Waals surface area (Å²) < 4.78 is 19.9. The van der Waals surface area contributed by atoms with Gasteiger partial charge in [-0.15, -0.1) is 0 Å². The van der Waals surface area contributed by atoms with Crippen molar-refractivity contribution in [3.8, 4) is 0 Å². The number of fused-ring (bicyclic) bond motifs is 1. The van der Waals surface area contributed by atoms with Crippen LogP contribution in [0.25, 0.3) is 0 Å². The summed E-state index contributed by atoms with van der Waals surface area (Å²) in [5, 5.41) is 3.15. The van der Waals surface area contributed by atoms with E-state index in [2.05, 4.69) is 15.3 Å². The lowest BCUT2D eigenvalue weighted by Crippen LogP contribution is -2.24. The highest BCUT2D eigenvalue weighted by Gasteiger charge is 2.22. The van der Waals surface area contributed by atoms with Crippen LogP contribution in [0, 0.1) is 5.82 Å². The monoisotopic (exact) mass is 302 g/mol. The number of hydrogen-bond donors (Lipinski definition) is 1. The van der Waals surface area contributed by atoms with E-state index in [1.807, 2.05) is 4.57 Å². The number of rotatable bonds is 3. The Bertz CT molecular complexity index is 768. The Morgan fingerprint density at radius 3 is 2.95 bits per heavy atom. The van der Waals surface area contributed by atoms with Crippen molar-refractivity contribution >= 4 is 17.5 Å². The van der Waals surface area contributed by atoms with Crippen molar-refractivity contribution in [3.63, 3.8) is 0 Å². The van der Waals surface area contributed by atoms with Crippen molar-refractivity contribution in [1.82, 2.24) is 9.55 Å². The molecule has 1 aliphatic rings. The third-order valence-electron chi connectivity index (χ3n) is 3.25. The maximum Gasteiger partial charge on any atom is 0.345 e. The van der Waals surface area contributed by atoms with E-state index in [4.69, 9.17) is 4.74 Å². The second-order valence-electron chi connectivity index (χ2n) is 4.72. The van der Waals surface area contributed by atoms with Gasteiger partial charge in [-0.1, -0.05) is 0 Å². The van der Waals surface area contributed by atoms with Crippen molar-refractivity contribution in [1.29, 1.82) is 0 Å². The van der Waals surface area contributed by atoms with Gasteiger partial charge in [0.2, 0.25) is 0 Å². The predicted octanol–water partition coefficient (Wildman–Crippen LogP) is 1.86. The van der Waals surface area contributed by atoms with Crippen LogP contribution in [0.15, 0.2) is 35.6 Å². The summed E-state index contributed by atoms with van der Waals surface area (Å²) in [5.41, 5.74) is 1.07. The lowest BCUT2D eigenvalue weighted by Gasteiger charge is -2.09. The Kier molecular flexibility index (Phi) is 3.86. The van der Waals surface area contributed by atoms with Gasteiger partial charge in [-0.25, -0.2) is 19.2 Å². The van der Waals surface area contributed by atoms with Crippen LogP contribution in [0.4, 0.5) is 15.9 Å². The molecular weight excluding hydrogens is 287 g/mol. The lowest BCUT2D eigenvalue weighted by atomic mass is 10.3. The maximum absolute atomic E-state index is 13.0. The lowest BCUT2D eigenvalue weighted by molar-refractivity contribution is 0.0524. The second kappa shape index (κ2) is 5.97. The summed E-state index contributed by atoms with van der Waals surface area (Å²) in [6.07, 6.45) is 1.63. The average molecular weight is 302 g/mol. The van der Waals surface area contributed by atoms with Crippen LogP contribution in [-0.2, 0) is 11.3 Å². The number of halogens is 1. The first kappa shape index (κ1) is 14.2. The van der Waals surface area contributed by atoms with Crippen molar-refractivity contribution in [2.24, 2.45) is 4.99 Å². The Morgan fingerprint density at radius 1 is 1.45 bits per heavy atom. The molecule has 0 spiro atoms. The highest BCUT2D eigenvalue weighted by molar-refractivity contribution is 5.94. The number of carbonyl (C=O) groups is 1. The summed E-state index contributed by atoms with van der Waals surface area (Å²) in [4.78, 5) is 20.8. The molecule has 0 saturated heterocycles. The van der Waals surface area contributed by atoms with Gasteiger partial charge in [-0.05, 0) is 31.2 Å². The molecule has 0 atom stereocenters. The summed E-state index contributed by atoms with van der Waals surface area (Å²) in [5.74, 6) is -0.173. The van der Waals surface area contributed by atoms with Gasteiger partial charge in [0.05, 0.1) is 18.6 Å². The number of benzene rings is 1. The molecule has 1 aromatic heterocycles. The number of aromatic nitrogens is 2. The van der Waals surface area contributed by atoms with Crippen LogP contribution in [0.5, 0.6) is 0 Å². The standard InChI is InChI=1S/C15H15FN4O2/c1-2-22-15(21)12-13(18-9-20-8-7-17-14(12)20)19-11-5-3-10(16)4-6-11/h3-6,9,17H,2,7-8H2,1H3. The number of hydrogen-bond acceptors (Lipinski definition) is 5. The van der Waals surface area contributed by atoms with Gasteiger partial charge in [0.1, 0.15) is 17.2 Å². The van der Waals surface area contributed by atoms with E-state index in [0.717, 1.165) is 6.54 Å². The van der Waals surface area contributed by atoms with Crippen LogP contribution in [0.2, 0.25) is 0 Å². The molecule has 0 amide bonds. The minimum absolute atomic E-state index is 0.255. The molecule has 1 N–H and O–H groups in total. The fourth-order valence-corrected chi connectivity index (χ4v) is 2.26. The van der Waals surface area contributed by atoms with Crippen LogP contribution in [0.3, 0.4) is 0 Å². The summed E-state index contributed by atoms with van der Waals surface area (Å²) in [6, 6.07) is 5.67. The maximum atomic E-state index is 13.0. The number of anilines is 1. The molecule has 2 heterocycles. The van der Waals surface area contributed by atoms with E-state index < -0.39 is 5.97 Å². The Balaban J connectivity index is 2.14. The van der Waals surface area contributed by atoms with Gasteiger partial charge in [0.25, 0.3) is 0 Å². The molecule has 0 bridgehead atoms. The van der Waals surface area contributed by atoms with Gasteiger partial charge in [0.15, 0.2) is 5.49 Å². The minimum atomic E-state index is -0.477. The summed E-state index contributed by atoms with van der Waals surface area (Å²) in [6.45, 7) is 3.45. The van der Waals surface area contributed by atoms with Crippen LogP contribution >= 0.6 is 0 Å². The normalized spacial score (nSPS) is 13.6. The van der Waals surface area contributed by atoms with Crippen molar-refractivity contribution < 1.29 is 13.9 Å². The SMILES string of the molecule is CCOC(=O)c1c2n(cnc1=Nc1ccc(F)cc1)CCN2. The third-order valence-corrected chi connectivity index (χ3v) is 3.25. The molecule has 1 aromatic carbocycles. The summed E-state index contributed by atoms with van der Waals surface area (Å²) in [7, 11) is 0. The van der Waals surface area contributed by atoms with E-state index >= 15 is 0 Å². The topological polar surface area (TPSA) is 68.5 Å². The van der Waals surface area contributed by atoms with Gasteiger partial charge in [-0.3, -0.25) is 0 Å². The van der Waals surface area contributed by atoms with E-state index in [1.165, 1.54) is 24.3 Å². The molecular formula is C15H15FN4O2. The molecule has 3 rings (SSSR count). The zero-order chi connectivity index (χ0) is 15.5. The number of nitrogens with zero attached hydrogens (tertiary/aromatic N) is 3. The first-order chi connectivity index (χ1) is 10.7. The largest absolute Gasteiger partial charge is 0.462 e. The van der Waals surface area contributed by atoms with Gasteiger partial charge in [-0.2, -0.15) is 0 Å². The molecule has 7 heteroatoms. The number of ether oxygens (including phenoxy) is 1. The Morgan fingerprint density at radius 2 is 2.23 bits per heavy atom.